The second-order valence-corrected chi connectivity index (χ2v) is 11.4. The van der Waals surface area contributed by atoms with Crippen molar-refractivity contribution in [3.8, 4) is 0 Å². The predicted octanol–water partition coefficient (Wildman–Crippen LogP) is 3.91. The predicted molar refractivity (Wildman–Crippen MR) is 79.5 cm³/mol. The molecule has 0 atom stereocenters. The van der Waals surface area contributed by atoms with Gasteiger partial charge in [-0.05, 0) is 44.0 Å². The van der Waals surface area contributed by atoms with Crippen molar-refractivity contribution in [2.24, 2.45) is 0 Å². The maximum absolute atomic E-state index is 6.15. The molecule has 0 aliphatic rings. The third-order valence-corrected chi connectivity index (χ3v) is 8.53. The second-order valence-electron chi connectivity index (χ2n) is 6.62. The summed E-state index contributed by atoms with van der Waals surface area (Å²) in [6, 6.07) is 0. The molecule has 0 amide bonds. The maximum atomic E-state index is 6.15. The lowest BCUT2D eigenvalue weighted by atomic mass is 10.2. The highest BCUT2D eigenvalue weighted by molar-refractivity contribution is 6.74. The third kappa shape index (κ3) is 3.95. The molecular weight excluding hydrogens is 240 g/mol. The van der Waals surface area contributed by atoms with Crippen molar-refractivity contribution in [2.75, 3.05) is 6.61 Å². The highest BCUT2D eigenvalue weighted by Crippen LogP contribution is 2.36. The van der Waals surface area contributed by atoms with Crippen LogP contribution in [0.25, 0.3) is 0 Å². The van der Waals surface area contributed by atoms with Crippen LogP contribution in [0.2, 0.25) is 18.1 Å². The molecule has 1 aromatic rings. The van der Waals surface area contributed by atoms with Gasteiger partial charge in [0.25, 0.3) is 0 Å². The lowest BCUT2D eigenvalue weighted by Crippen LogP contribution is -2.41. The number of nitrogens with zero attached hydrogens (tertiary/aromatic N) is 2. The van der Waals surface area contributed by atoms with Crippen LogP contribution in [0.15, 0.2) is 6.20 Å². The molecule has 1 heterocycles. The van der Waals surface area contributed by atoms with Crippen LogP contribution in [-0.2, 0) is 11.0 Å². The van der Waals surface area contributed by atoms with Gasteiger partial charge < -0.3 is 4.43 Å². The summed E-state index contributed by atoms with van der Waals surface area (Å²) < 4.78 is 8.18. The number of hydrogen-bond acceptors (Lipinski definition) is 2. The van der Waals surface area contributed by atoms with Gasteiger partial charge in [-0.2, -0.15) is 5.10 Å². The van der Waals surface area contributed by atoms with Crippen LogP contribution < -0.4 is 0 Å². The van der Waals surface area contributed by atoms with E-state index in [2.05, 4.69) is 59.0 Å². The van der Waals surface area contributed by atoms with Crippen LogP contribution in [0.4, 0.5) is 0 Å². The van der Waals surface area contributed by atoms with Gasteiger partial charge in [0.2, 0.25) is 0 Å². The van der Waals surface area contributed by atoms with Gasteiger partial charge in [-0.1, -0.05) is 20.8 Å². The van der Waals surface area contributed by atoms with E-state index in [4.69, 9.17) is 4.43 Å². The molecule has 0 radical (unpaired) electrons. The molecule has 0 aliphatic carbocycles. The third-order valence-electron chi connectivity index (χ3n) is 3.99. The summed E-state index contributed by atoms with van der Waals surface area (Å²) in [6.45, 7) is 17.4. The molecule has 3 nitrogen and oxygen atoms in total. The molecule has 0 aromatic carbocycles. The van der Waals surface area contributed by atoms with Crippen molar-refractivity contribution in [1.82, 2.24) is 9.78 Å². The molecular formula is C14H28N2OSi. The smallest absolute Gasteiger partial charge is 0.191 e. The van der Waals surface area contributed by atoms with Crippen molar-refractivity contribution < 1.29 is 4.43 Å². The zero-order chi connectivity index (χ0) is 14.0. The summed E-state index contributed by atoms with van der Waals surface area (Å²) in [6.07, 6.45) is 3.15. The topological polar surface area (TPSA) is 27.1 Å². The number of hydrogen-bond donors (Lipinski definition) is 0. The van der Waals surface area contributed by atoms with Crippen molar-refractivity contribution in [2.45, 2.75) is 65.7 Å². The SMILES string of the molecule is Cc1cn(CCCO[Si](C)(C)C(C)(C)C)nc1C. The minimum Gasteiger partial charge on any atom is -0.417 e. The van der Waals surface area contributed by atoms with E-state index in [1.54, 1.807) is 0 Å². The van der Waals surface area contributed by atoms with Gasteiger partial charge in [0.05, 0.1) is 5.69 Å². The van der Waals surface area contributed by atoms with Crippen LogP contribution in [-0.4, -0.2) is 24.7 Å². The van der Waals surface area contributed by atoms with Crippen LogP contribution in [0.1, 0.15) is 38.4 Å². The van der Waals surface area contributed by atoms with Gasteiger partial charge in [0, 0.05) is 19.3 Å². The lowest BCUT2D eigenvalue weighted by Gasteiger charge is -2.36. The summed E-state index contributed by atoms with van der Waals surface area (Å²) >= 11 is 0. The molecule has 4 heteroatoms. The zero-order valence-corrected chi connectivity index (χ0v) is 14.0. The molecule has 0 spiro atoms. The van der Waals surface area contributed by atoms with Crippen LogP contribution in [0, 0.1) is 13.8 Å². The van der Waals surface area contributed by atoms with E-state index >= 15 is 0 Å². The molecule has 18 heavy (non-hydrogen) atoms. The Hall–Kier alpha value is -0.613. The average Bonchev–Trinajstić information content (AvgIpc) is 2.52. The molecule has 1 aromatic heterocycles. The number of aromatic nitrogens is 2. The van der Waals surface area contributed by atoms with Crippen molar-refractivity contribution >= 4 is 8.32 Å². The molecule has 1 rings (SSSR count). The van der Waals surface area contributed by atoms with Gasteiger partial charge in [-0.15, -0.1) is 0 Å². The van der Waals surface area contributed by atoms with E-state index in [0.717, 1.165) is 25.3 Å². The Balaban J connectivity index is 2.35. The molecule has 0 fully saturated rings. The first-order chi connectivity index (χ1) is 8.13. The van der Waals surface area contributed by atoms with E-state index in [1.807, 2.05) is 4.68 Å². The Morgan fingerprint density at radius 3 is 2.33 bits per heavy atom. The molecule has 0 unspecified atom stereocenters. The van der Waals surface area contributed by atoms with E-state index < -0.39 is 8.32 Å². The average molecular weight is 268 g/mol. The first-order valence-electron chi connectivity index (χ1n) is 6.78. The van der Waals surface area contributed by atoms with Gasteiger partial charge >= 0.3 is 0 Å². The fraction of sp³-hybridized carbons (Fsp3) is 0.786. The fourth-order valence-corrected chi connectivity index (χ4v) is 2.59. The monoisotopic (exact) mass is 268 g/mol. The summed E-state index contributed by atoms with van der Waals surface area (Å²) in [7, 11) is -1.58. The standard InChI is InChI=1S/C14H28N2OSi/c1-12-11-16(15-13(12)2)9-8-10-17-18(6,7)14(3,4)5/h11H,8-10H2,1-7H3. The largest absolute Gasteiger partial charge is 0.417 e. The maximum Gasteiger partial charge on any atom is 0.191 e. The minimum absolute atomic E-state index is 0.297. The molecule has 0 saturated carbocycles. The van der Waals surface area contributed by atoms with Crippen molar-refractivity contribution in [1.29, 1.82) is 0 Å². The number of rotatable bonds is 5. The first-order valence-corrected chi connectivity index (χ1v) is 9.69. The molecule has 0 aliphatic heterocycles. The highest BCUT2D eigenvalue weighted by Gasteiger charge is 2.36. The van der Waals surface area contributed by atoms with E-state index in [-0.39, 0.29) is 0 Å². The summed E-state index contributed by atoms with van der Waals surface area (Å²) in [5.74, 6) is 0. The van der Waals surface area contributed by atoms with Gasteiger partial charge in [0.15, 0.2) is 8.32 Å². The van der Waals surface area contributed by atoms with E-state index in [0.29, 0.717) is 5.04 Å². The van der Waals surface area contributed by atoms with Gasteiger partial charge in [-0.3, -0.25) is 4.68 Å². The van der Waals surface area contributed by atoms with E-state index in [9.17, 15) is 0 Å². The molecule has 104 valence electrons. The minimum atomic E-state index is -1.58. The van der Waals surface area contributed by atoms with Crippen molar-refractivity contribution in [3.05, 3.63) is 17.5 Å². The second kappa shape index (κ2) is 5.57. The van der Waals surface area contributed by atoms with Crippen LogP contribution in [0.5, 0.6) is 0 Å². The number of aryl methyl sites for hydroxylation is 3. The van der Waals surface area contributed by atoms with Gasteiger partial charge in [-0.25, -0.2) is 0 Å². The Morgan fingerprint density at radius 1 is 1.28 bits per heavy atom. The summed E-state index contributed by atoms with van der Waals surface area (Å²) in [5, 5.41) is 4.76. The zero-order valence-electron chi connectivity index (χ0n) is 13.0. The Bertz CT molecular complexity index is 371. The molecule has 0 bridgehead atoms. The van der Waals surface area contributed by atoms with Crippen molar-refractivity contribution in [3.63, 3.8) is 0 Å². The van der Waals surface area contributed by atoms with Crippen LogP contribution >= 0.6 is 0 Å². The summed E-state index contributed by atoms with van der Waals surface area (Å²) in [4.78, 5) is 0. The Morgan fingerprint density at radius 2 is 1.89 bits per heavy atom. The van der Waals surface area contributed by atoms with Crippen LogP contribution in [0.3, 0.4) is 0 Å². The molecule has 0 N–H and O–H groups in total. The summed E-state index contributed by atoms with van der Waals surface area (Å²) in [5.41, 5.74) is 2.39. The molecule has 0 saturated heterocycles. The Kier molecular flexibility index (Phi) is 4.78. The normalized spacial score (nSPS) is 13.1. The highest BCUT2D eigenvalue weighted by atomic mass is 28.4. The fourth-order valence-electron chi connectivity index (χ4n) is 1.50. The Labute approximate surface area is 113 Å². The van der Waals surface area contributed by atoms with E-state index in [1.165, 1.54) is 5.56 Å². The quantitative estimate of drug-likeness (QED) is 0.598. The lowest BCUT2D eigenvalue weighted by molar-refractivity contribution is 0.272. The van der Waals surface area contributed by atoms with Gasteiger partial charge in [0.1, 0.15) is 0 Å². The first kappa shape index (κ1) is 15.4.